The van der Waals surface area contributed by atoms with Crippen molar-refractivity contribution in [3.05, 3.63) is 30.6 Å². The smallest absolute Gasteiger partial charge is 0.168 e. The van der Waals surface area contributed by atoms with E-state index in [-0.39, 0.29) is 21.1 Å². The average Bonchev–Trinajstić information content (AvgIpc) is 1.69. The molecule has 0 saturated heterocycles. The van der Waals surface area contributed by atoms with E-state index in [9.17, 15) is 0 Å². The summed E-state index contributed by atoms with van der Waals surface area (Å²) in [5.74, 6) is 0. The van der Waals surface area contributed by atoms with Crippen LogP contribution in [0.15, 0.2) is 30.6 Å². The number of hydrogen-bond acceptors (Lipinski definition) is 0. The van der Waals surface area contributed by atoms with Crippen molar-refractivity contribution in [2.75, 3.05) is 0 Å². The van der Waals surface area contributed by atoms with Crippen LogP contribution in [0, 0.1) is 0 Å². The van der Waals surface area contributed by atoms with Gasteiger partial charge in [-0.1, -0.05) is 6.07 Å². The molecule has 0 radical (unpaired) electrons. The minimum absolute atomic E-state index is 0. The Hall–Kier alpha value is -0.162. The van der Waals surface area contributed by atoms with E-state index in [4.69, 9.17) is 0 Å². The second-order valence-electron chi connectivity index (χ2n) is 1.54. The average molecular weight is 190 g/mol. The van der Waals surface area contributed by atoms with Crippen molar-refractivity contribution in [2.45, 2.75) is 0 Å². The van der Waals surface area contributed by atoms with Crippen molar-refractivity contribution in [3.63, 3.8) is 0 Å². The van der Waals surface area contributed by atoms with Crippen molar-refractivity contribution in [3.8, 4) is 0 Å². The molecule has 1 aromatic heterocycles. The molecule has 42 valence electrons. The van der Waals surface area contributed by atoms with Crippen molar-refractivity contribution in [1.29, 1.82) is 0 Å². The Bertz CT molecular complexity index is 138. The summed E-state index contributed by atoms with van der Waals surface area (Å²) < 4.78 is 2.00. The van der Waals surface area contributed by atoms with E-state index in [0.29, 0.717) is 0 Å². The van der Waals surface area contributed by atoms with Crippen LogP contribution in [0.5, 0.6) is 0 Å². The van der Waals surface area contributed by atoms with E-state index in [1.165, 1.54) is 0 Å². The molecular weight excluding hydrogens is 182 g/mol. The number of nitrogens with zero attached hydrogens (tertiary/aromatic N) is 1. The maximum atomic E-state index is 2.00. The maximum absolute atomic E-state index is 2.00. The van der Waals surface area contributed by atoms with Gasteiger partial charge in [-0.3, -0.25) is 0 Å². The van der Waals surface area contributed by atoms with E-state index in [2.05, 4.69) is 0 Å². The first-order chi connectivity index (χ1) is 3.39. The first-order valence-corrected chi connectivity index (χ1v) is 2.30. The molecule has 1 rings (SSSR count). The first kappa shape index (κ1) is 7.84. The molecule has 0 fully saturated rings. The number of rotatable bonds is 0. The van der Waals surface area contributed by atoms with Crippen molar-refractivity contribution >= 4 is 0 Å². The molecule has 1 heterocycles. The third-order valence-electron chi connectivity index (χ3n) is 0.865. The third-order valence-corrected chi connectivity index (χ3v) is 0.865. The Balaban J connectivity index is 0.000000490. The fourth-order valence-corrected chi connectivity index (χ4v) is 0.485. The van der Waals surface area contributed by atoms with Crippen molar-refractivity contribution < 1.29 is 25.6 Å². The van der Waals surface area contributed by atoms with Gasteiger partial charge < -0.3 is 0 Å². The minimum Gasteiger partial charge on any atom is -0.208 e. The van der Waals surface area contributed by atoms with Crippen LogP contribution >= 0.6 is 0 Å². The molecule has 0 N–H and O–H groups in total. The summed E-state index contributed by atoms with van der Waals surface area (Å²) in [6.45, 7) is 0. The Morgan fingerprint density at radius 3 is 1.75 bits per heavy atom. The predicted molar refractivity (Wildman–Crippen MR) is 27.6 cm³/mol. The van der Waals surface area contributed by atoms with Gasteiger partial charge in [0.15, 0.2) is 12.4 Å². The van der Waals surface area contributed by atoms with Crippen molar-refractivity contribution in [2.24, 2.45) is 7.05 Å². The minimum atomic E-state index is 0. The zero-order valence-electron chi connectivity index (χ0n) is 4.74. The van der Waals surface area contributed by atoms with Gasteiger partial charge >= 0.3 is 0 Å². The fraction of sp³-hybridized carbons (Fsp3) is 0.167. The van der Waals surface area contributed by atoms with Gasteiger partial charge in [0.25, 0.3) is 0 Å². The summed E-state index contributed by atoms with van der Waals surface area (Å²) in [4.78, 5) is 0. The van der Waals surface area contributed by atoms with Crippen LogP contribution in [0.3, 0.4) is 0 Å². The molecule has 0 aliphatic carbocycles. The molecule has 0 unspecified atom stereocenters. The Morgan fingerprint density at radius 1 is 1.00 bits per heavy atom. The topological polar surface area (TPSA) is 3.88 Å². The molecule has 0 saturated carbocycles. The molecule has 0 aliphatic heterocycles. The summed E-state index contributed by atoms with van der Waals surface area (Å²) in [6.07, 6.45) is 4.00. The maximum Gasteiger partial charge on any atom is 0.168 e. The summed E-state index contributed by atoms with van der Waals surface area (Å²) in [7, 11) is 2.00. The summed E-state index contributed by atoms with van der Waals surface area (Å²) in [5.41, 5.74) is 0. The quantitative estimate of drug-likeness (QED) is 0.414. The van der Waals surface area contributed by atoms with Crippen LogP contribution in [0.4, 0.5) is 0 Å². The Kier molecular flexibility index (Phi) is 3.72. The van der Waals surface area contributed by atoms with E-state index in [1.54, 1.807) is 0 Å². The Labute approximate surface area is 63.6 Å². The normalized spacial score (nSPS) is 7.62. The zero-order valence-corrected chi connectivity index (χ0v) is 6.75. The molecule has 0 atom stereocenters. The molecule has 1 nitrogen and oxygen atoms in total. The first-order valence-electron chi connectivity index (χ1n) is 2.30. The molecule has 0 bridgehead atoms. The molecule has 0 amide bonds. The SMILES string of the molecule is C[n+]1ccccc1.[Mo]. The van der Waals surface area contributed by atoms with Crippen LogP contribution in [0.2, 0.25) is 0 Å². The van der Waals surface area contributed by atoms with Gasteiger partial charge in [0.05, 0.1) is 0 Å². The third kappa shape index (κ3) is 2.22. The second-order valence-corrected chi connectivity index (χ2v) is 1.54. The van der Waals surface area contributed by atoms with E-state index >= 15 is 0 Å². The van der Waals surface area contributed by atoms with Gasteiger partial charge in [0.1, 0.15) is 7.05 Å². The molecule has 0 spiro atoms. The van der Waals surface area contributed by atoms with Gasteiger partial charge in [-0.05, 0) is 0 Å². The van der Waals surface area contributed by atoms with Gasteiger partial charge in [-0.2, -0.15) is 0 Å². The van der Waals surface area contributed by atoms with E-state index in [1.807, 2.05) is 42.2 Å². The molecule has 8 heavy (non-hydrogen) atoms. The molecule has 0 aromatic carbocycles. The van der Waals surface area contributed by atoms with Crippen LogP contribution in [-0.2, 0) is 28.1 Å². The zero-order chi connectivity index (χ0) is 5.11. The molecular formula is C6H8MoN+. The van der Waals surface area contributed by atoms with Gasteiger partial charge in [-0.25, -0.2) is 4.57 Å². The molecule has 1 aromatic rings. The summed E-state index contributed by atoms with van der Waals surface area (Å²) >= 11 is 0. The summed E-state index contributed by atoms with van der Waals surface area (Å²) in [5, 5.41) is 0. The van der Waals surface area contributed by atoms with Gasteiger partial charge in [0.2, 0.25) is 0 Å². The van der Waals surface area contributed by atoms with Crippen molar-refractivity contribution in [1.82, 2.24) is 0 Å². The van der Waals surface area contributed by atoms with Gasteiger partial charge in [0, 0.05) is 33.2 Å². The van der Waals surface area contributed by atoms with Crippen LogP contribution in [0.1, 0.15) is 0 Å². The standard InChI is InChI=1S/C6H8N.Mo/c1-7-5-3-2-4-6-7;/h2-6H,1H3;/q+1;. The molecule has 2 heteroatoms. The van der Waals surface area contributed by atoms with Crippen LogP contribution in [-0.4, -0.2) is 0 Å². The largest absolute Gasteiger partial charge is 0.208 e. The monoisotopic (exact) mass is 192 g/mol. The summed E-state index contributed by atoms with van der Waals surface area (Å²) in [6, 6.07) is 6.00. The van der Waals surface area contributed by atoms with Crippen LogP contribution < -0.4 is 4.57 Å². The number of aryl methyl sites for hydroxylation is 1. The van der Waals surface area contributed by atoms with E-state index in [0.717, 1.165) is 0 Å². The number of pyridine rings is 1. The van der Waals surface area contributed by atoms with Crippen LogP contribution in [0.25, 0.3) is 0 Å². The number of aromatic nitrogens is 1. The van der Waals surface area contributed by atoms with E-state index < -0.39 is 0 Å². The Morgan fingerprint density at radius 2 is 1.50 bits per heavy atom. The predicted octanol–water partition coefficient (Wildman–Crippen LogP) is 0.509. The fourth-order valence-electron chi connectivity index (χ4n) is 0.485. The molecule has 0 aliphatic rings. The van der Waals surface area contributed by atoms with Gasteiger partial charge in [-0.15, -0.1) is 0 Å². The number of hydrogen-bond donors (Lipinski definition) is 0. The second kappa shape index (κ2) is 3.79.